The summed E-state index contributed by atoms with van der Waals surface area (Å²) in [4.78, 5) is 6.75. The van der Waals surface area contributed by atoms with E-state index in [1.54, 1.807) is 6.07 Å². The lowest BCUT2D eigenvalue weighted by Crippen LogP contribution is -2.16. The fraction of sp³-hybridized carbons (Fsp3) is 0.556. The third-order valence-corrected chi connectivity index (χ3v) is 2.45. The highest BCUT2D eigenvalue weighted by molar-refractivity contribution is 5.12. The quantitative estimate of drug-likeness (QED) is 0.699. The molecule has 1 aliphatic rings. The summed E-state index contributed by atoms with van der Waals surface area (Å²) in [5.41, 5.74) is 0.526. The molecular formula is C9H9F3N2. The van der Waals surface area contributed by atoms with Crippen LogP contribution in [0.3, 0.4) is 0 Å². The minimum absolute atomic E-state index is 0.208. The summed E-state index contributed by atoms with van der Waals surface area (Å²) in [6.45, 7) is 0. The molecule has 0 radical (unpaired) electrons. The Kier molecular flexibility index (Phi) is 2.17. The smallest absolute Gasteiger partial charge is 0.233 e. The Balaban J connectivity index is 2.26. The molecule has 1 aromatic heterocycles. The van der Waals surface area contributed by atoms with Crippen molar-refractivity contribution in [1.82, 2.24) is 9.97 Å². The maximum absolute atomic E-state index is 12.2. The zero-order chi connectivity index (χ0) is 10.2. The highest BCUT2D eigenvalue weighted by Gasteiger charge is 2.35. The first-order valence-electron chi connectivity index (χ1n) is 4.47. The van der Waals surface area contributed by atoms with Gasteiger partial charge in [0, 0.05) is 17.8 Å². The SMILES string of the molecule is FC(F)(F)c1nccc(C2CCC2)n1. The van der Waals surface area contributed by atoms with Crippen molar-refractivity contribution in [2.24, 2.45) is 0 Å². The van der Waals surface area contributed by atoms with Crippen molar-refractivity contribution in [3.63, 3.8) is 0 Å². The molecule has 2 nitrogen and oxygen atoms in total. The highest BCUT2D eigenvalue weighted by Crippen LogP contribution is 2.36. The Morgan fingerprint density at radius 1 is 1.29 bits per heavy atom. The molecule has 14 heavy (non-hydrogen) atoms. The molecule has 5 heteroatoms. The third-order valence-electron chi connectivity index (χ3n) is 2.45. The van der Waals surface area contributed by atoms with Gasteiger partial charge in [-0.25, -0.2) is 9.97 Å². The summed E-state index contributed by atoms with van der Waals surface area (Å²) >= 11 is 0. The molecule has 0 atom stereocenters. The van der Waals surface area contributed by atoms with E-state index in [1.807, 2.05) is 0 Å². The van der Waals surface area contributed by atoms with Gasteiger partial charge in [0.15, 0.2) is 0 Å². The Morgan fingerprint density at radius 2 is 2.00 bits per heavy atom. The Labute approximate surface area is 79.2 Å². The van der Waals surface area contributed by atoms with Crippen LogP contribution in [0.1, 0.15) is 36.7 Å². The van der Waals surface area contributed by atoms with Crippen molar-refractivity contribution >= 4 is 0 Å². The maximum Gasteiger partial charge on any atom is 0.451 e. The van der Waals surface area contributed by atoms with Crippen molar-refractivity contribution in [3.8, 4) is 0 Å². The molecule has 0 aromatic carbocycles. The predicted octanol–water partition coefficient (Wildman–Crippen LogP) is 2.76. The summed E-state index contributed by atoms with van der Waals surface area (Å²) in [6, 6.07) is 1.57. The number of hydrogen-bond donors (Lipinski definition) is 0. The van der Waals surface area contributed by atoms with Crippen LogP contribution in [0.2, 0.25) is 0 Å². The lowest BCUT2D eigenvalue weighted by Gasteiger charge is -2.24. The monoisotopic (exact) mass is 202 g/mol. The first-order valence-corrected chi connectivity index (χ1v) is 4.47. The number of aromatic nitrogens is 2. The second kappa shape index (κ2) is 3.22. The van der Waals surface area contributed by atoms with E-state index in [0.717, 1.165) is 19.3 Å². The molecule has 0 saturated heterocycles. The molecule has 1 saturated carbocycles. The second-order valence-corrected chi connectivity index (χ2v) is 3.43. The van der Waals surface area contributed by atoms with Gasteiger partial charge in [0.1, 0.15) is 0 Å². The lowest BCUT2D eigenvalue weighted by molar-refractivity contribution is -0.145. The van der Waals surface area contributed by atoms with E-state index < -0.39 is 12.0 Å². The summed E-state index contributed by atoms with van der Waals surface area (Å²) < 4.78 is 36.7. The second-order valence-electron chi connectivity index (χ2n) is 3.43. The molecule has 0 amide bonds. The van der Waals surface area contributed by atoms with Gasteiger partial charge in [0.2, 0.25) is 5.82 Å². The Hall–Kier alpha value is -1.13. The van der Waals surface area contributed by atoms with Crippen molar-refractivity contribution in [2.75, 3.05) is 0 Å². The predicted molar refractivity (Wildman–Crippen MR) is 43.6 cm³/mol. The van der Waals surface area contributed by atoms with Crippen LogP contribution < -0.4 is 0 Å². The number of rotatable bonds is 1. The third kappa shape index (κ3) is 1.71. The molecule has 1 aromatic rings. The summed E-state index contributed by atoms with van der Waals surface area (Å²) in [7, 11) is 0. The molecule has 76 valence electrons. The van der Waals surface area contributed by atoms with Crippen molar-refractivity contribution in [3.05, 3.63) is 23.8 Å². The van der Waals surface area contributed by atoms with Crippen LogP contribution in [0.15, 0.2) is 12.3 Å². The summed E-state index contributed by atoms with van der Waals surface area (Å²) in [6.07, 6.45) is -0.290. The van der Waals surface area contributed by atoms with E-state index in [0.29, 0.717) is 5.69 Å². The van der Waals surface area contributed by atoms with E-state index >= 15 is 0 Å². The van der Waals surface area contributed by atoms with E-state index in [4.69, 9.17) is 0 Å². The van der Waals surface area contributed by atoms with Crippen LogP contribution in [0, 0.1) is 0 Å². The molecule has 1 fully saturated rings. The summed E-state index contributed by atoms with van der Waals surface area (Å²) in [5.74, 6) is -0.819. The molecule has 1 heterocycles. The number of halogens is 3. The van der Waals surface area contributed by atoms with Crippen LogP contribution in [0.5, 0.6) is 0 Å². The lowest BCUT2D eigenvalue weighted by atomic mass is 9.83. The van der Waals surface area contributed by atoms with Gasteiger partial charge in [0.05, 0.1) is 0 Å². The summed E-state index contributed by atoms with van der Waals surface area (Å²) in [5, 5.41) is 0. The first kappa shape index (κ1) is 9.43. The van der Waals surface area contributed by atoms with Gasteiger partial charge in [-0.2, -0.15) is 13.2 Å². The van der Waals surface area contributed by atoms with E-state index in [1.165, 1.54) is 6.20 Å². The van der Waals surface area contributed by atoms with Crippen molar-refractivity contribution in [1.29, 1.82) is 0 Å². The molecule has 2 rings (SSSR count). The van der Waals surface area contributed by atoms with Gasteiger partial charge in [0.25, 0.3) is 0 Å². The first-order chi connectivity index (χ1) is 6.57. The van der Waals surface area contributed by atoms with E-state index in [2.05, 4.69) is 9.97 Å². The largest absolute Gasteiger partial charge is 0.451 e. The normalized spacial score (nSPS) is 17.9. The maximum atomic E-state index is 12.2. The highest BCUT2D eigenvalue weighted by atomic mass is 19.4. The number of alkyl halides is 3. The van der Waals surface area contributed by atoms with Crippen molar-refractivity contribution in [2.45, 2.75) is 31.4 Å². The average molecular weight is 202 g/mol. The van der Waals surface area contributed by atoms with Crippen LogP contribution in [0.4, 0.5) is 13.2 Å². The fourth-order valence-corrected chi connectivity index (χ4v) is 1.44. The average Bonchev–Trinajstić information content (AvgIpc) is 2.00. The number of nitrogens with zero attached hydrogens (tertiary/aromatic N) is 2. The van der Waals surface area contributed by atoms with Crippen LogP contribution in [0.25, 0.3) is 0 Å². The molecular weight excluding hydrogens is 193 g/mol. The van der Waals surface area contributed by atoms with Gasteiger partial charge in [-0.1, -0.05) is 6.42 Å². The topological polar surface area (TPSA) is 25.8 Å². The minimum Gasteiger partial charge on any atom is -0.233 e. The van der Waals surface area contributed by atoms with Crippen LogP contribution in [-0.2, 0) is 6.18 Å². The van der Waals surface area contributed by atoms with Gasteiger partial charge >= 0.3 is 6.18 Å². The van der Waals surface area contributed by atoms with Crippen LogP contribution in [-0.4, -0.2) is 9.97 Å². The molecule has 0 bridgehead atoms. The van der Waals surface area contributed by atoms with Crippen LogP contribution >= 0.6 is 0 Å². The minimum atomic E-state index is -4.43. The molecule has 1 aliphatic carbocycles. The van der Waals surface area contributed by atoms with Gasteiger partial charge in [-0.15, -0.1) is 0 Å². The molecule has 0 unspecified atom stereocenters. The fourth-order valence-electron chi connectivity index (χ4n) is 1.44. The van der Waals surface area contributed by atoms with Gasteiger partial charge < -0.3 is 0 Å². The molecule has 0 spiro atoms. The Bertz CT molecular complexity index is 331. The van der Waals surface area contributed by atoms with Gasteiger partial charge in [-0.3, -0.25) is 0 Å². The zero-order valence-corrected chi connectivity index (χ0v) is 7.38. The van der Waals surface area contributed by atoms with Crippen molar-refractivity contribution < 1.29 is 13.2 Å². The van der Waals surface area contributed by atoms with Gasteiger partial charge in [-0.05, 0) is 18.9 Å². The van der Waals surface area contributed by atoms with E-state index in [-0.39, 0.29) is 5.92 Å². The number of hydrogen-bond acceptors (Lipinski definition) is 2. The molecule has 0 aliphatic heterocycles. The standard InChI is InChI=1S/C9H9F3N2/c10-9(11,12)8-13-5-4-7(14-8)6-2-1-3-6/h4-6H,1-3H2. The molecule has 0 N–H and O–H groups in total. The zero-order valence-electron chi connectivity index (χ0n) is 7.38. The van der Waals surface area contributed by atoms with E-state index in [9.17, 15) is 13.2 Å². The Morgan fingerprint density at radius 3 is 2.50 bits per heavy atom.